The van der Waals surface area contributed by atoms with Crippen molar-refractivity contribution in [3.63, 3.8) is 0 Å². The van der Waals surface area contributed by atoms with Gasteiger partial charge in [-0.1, -0.05) is 0 Å². The van der Waals surface area contributed by atoms with E-state index in [2.05, 4.69) is 10.6 Å². The summed E-state index contributed by atoms with van der Waals surface area (Å²) in [6.07, 6.45) is 0. The summed E-state index contributed by atoms with van der Waals surface area (Å²) in [5, 5.41) is 7.21. The molecule has 0 fully saturated rings. The fraction of sp³-hybridized carbons (Fsp3) is 0. The van der Waals surface area contributed by atoms with Gasteiger partial charge in [0.1, 0.15) is 0 Å². The van der Waals surface area contributed by atoms with Crippen LogP contribution < -0.4 is 10.3 Å². The van der Waals surface area contributed by atoms with Crippen LogP contribution in [0.4, 0.5) is 11.4 Å². The summed E-state index contributed by atoms with van der Waals surface area (Å²) in [6.45, 7) is 0. The van der Waals surface area contributed by atoms with Crippen LogP contribution in [-0.4, -0.2) is 0 Å². The summed E-state index contributed by atoms with van der Waals surface area (Å²) in [7, 11) is 0. The third kappa shape index (κ3) is 4.55. The van der Waals surface area contributed by atoms with E-state index in [1.165, 1.54) is 0 Å². The summed E-state index contributed by atoms with van der Waals surface area (Å²) in [5.74, 6) is 0. The number of hydrogen-bond donors (Lipinski definition) is 0. The van der Waals surface area contributed by atoms with Crippen LogP contribution in [0.1, 0.15) is 0 Å². The molecule has 0 aromatic heterocycles. The van der Waals surface area contributed by atoms with Crippen molar-refractivity contribution in [1.82, 2.24) is 0 Å². The number of hydrogen-bond acceptors (Lipinski definition) is 6. The molecule has 0 unspecified atom stereocenters. The van der Waals surface area contributed by atoms with E-state index < -0.39 is 25.5 Å². The third-order valence-corrected chi connectivity index (χ3v) is 5.17. The fourth-order valence-corrected chi connectivity index (χ4v) is 4.01. The van der Waals surface area contributed by atoms with E-state index >= 15 is 0 Å². The Hall–Kier alpha value is -1.90. The quantitative estimate of drug-likeness (QED) is 0.332. The Morgan fingerprint density at radius 1 is 0.714 bits per heavy atom. The Balaban J connectivity index is 1.90. The van der Waals surface area contributed by atoms with Gasteiger partial charge in [-0.05, 0) is 0 Å². The van der Waals surface area contributed by atoms with Gasteiger partial charge < -0.3 is 0 Å². The zero-order valence-corrected chi connectivity index (χ0v) is 16.4. The molecule has 104 valence electrons. The molecule has 2 rings (SSSR count). The number of nitrogens with zero attached hydrogens (tertiary/aromatic N) is 4. The number of rotatable bonds is 8. The van der Waals surface area contributed by atoms with Gasteiger partial charge in [-0.25, -0.2) is 0 Å². The van der Waals surface area contributed by atoms with E-state index in [0.29, 0.717) is 11.4 Å². The van der Waals surface area contributed by atoms with Gasteiger partial charge in [0.15, 0.2) is 0 Å². The number of para-hydroxylation sites is 2. The first kappa shape index (κ1) is 15.5. The Morgan fingerprint density at radius 2 is 1.10 bits per heavy atom. The average molecular weight is 475 g/mol. The van der Waals surface area contributed by atoms with Crippen molar-refractivity contribution in [3.05, 3.63) is 70.5 Å². The molecule has 2 aromatic carbocycles. The second-order valence-corrected chi connectivity index (χ2v) is 6.68. The zero-order valence-electron chi connectivity index (χ0n) is 10.9. The average Bonchev–Trinajstić information content (AvgIpc) is 2.57. The molecule has 0 saturated heterocycles. The molecular formula is C12H10HgN4O4. The van der Waals surface area contributed by atoms with E-state index in [0.717, 1.165) is 10.3 Å². The normalized spacial score (nSPS) is 9.52. The van der Waals surface area contributed by atoms with Crippen molar-refractivity contribution < 1.29 is 31.0 Å². The molecule has 0 aliphatic rings. The molecule has 0 bridgehead atoms. The van der Waals surface area contributed by atoms with Gasteiger partial charge in [0.05, 0.1) is 0 Å². The molecule has 0 aliphatic carbocycles. The minimum atomic E-state index is -2.52. The molecule has 0 spiro atoms. The summed E-state index contributed by atoms with van der Waals surface area (Å²) < 4.78 is 10.5. The molecule has 9 heteroatoms. The monoisotopic (exact) mass is 476 g/mol. The Morgan fingerprint density at radius 3 is 1.43 bits per heavy atom. The van der Waals surface area contributed by atoms with Crippen molar-refractivity contribution in [2.45, 2.75) is 0 Å². The maximum atomic E-state index is 10.8. The molecule has 0 atom stereocenters. The standard InChI is InChI=1S/2C6H5N2O2.Hg/c2*9-7-8(10)6-4-2-1-3-5-6;/h2*1-5H;/q2*-1;+2. The Bertz CT molecular complexity index is 520. The molecular weight excluding hydrogens is 465 g/mol. The third-order valence-electron chi connectivity index (χ3n) is 2.45. The van der Waals surface area contributed by atoms with E-state index in [9.17, 15) is 9.81 Å². The summed E-state index contributed by atoms with van der Waals surface area (Å²) >= 11 is -2.52. The van der Waals surface area contributed by atoms with Crippen LogP contribution in [0.3, 0.4) is 0 Å². The van der Waals surface area contributed by atoms with Crippen LogP contribution in [0.15, 0.2) is 71.2 Å². The molecule has 21 heavy (non-hydrogen) atoms. The number of benzene rings is 2. The van der Waals surface area contributed by atoms with Gasteiger partial charge in [0, 0.05) is 0 Å². The second-order valence-electron chi connectivity index (χ2n) is 3.76. The predicted molar refractivity (Wildman–Crippen MR) is 71.6 cm³/mol. The second kappa shape index (κ2) is 8.40. The molecule has 0 radical (unpaired) electrons. The van der Waals surface area contributed by atoms with Crippen molar-refractivity contribution in [2.24, 2.45) is 10.6 Å². The van der Waals surface area contributed by atoms with Crippen LogP contribution in [0.5, 0.6) is 0 Å². The maximum absolute atomic E-state index is 10.8. The van der Waals surface area contributed by atoms with Gasteiger partial charge in [-0.3, -0.25) is 0 Å². The first-order valence-electron chi connectivity index (χ1n) is 5.98. The first-order chi connectivity index (χ1) is 10.3. The molecule has 0 aliphatic heterocycles. The summed E-state index contributed by atoms with van der Waals surface area (Å²) in [5.41, 5.74) is 0.975. The molecule has 0 amide bonds. The molecule has 0 saturated carbocycles. The van der Waals surface area contributed by atoms with Crippen LogP contribution in [-0.2, 0) is 31.0 Å². The van der Waals surface area contributed by atoms with Crippen molar-refractivity contribution in [3.8, 4) is 0 Å². The number of anilines is 2. The Kier molecular flexibility index (Phi) is 6.19. The SMILES string of the molecule is O=NN([O][Hg][O]N(N=O)c1ccccc1)c1ccccc1. The van der Waals surface area contributed by atoms with Gasteiger partial charge in [0.25, 0.3) is 0 Å². The van der Waals surface area contributed by atoms with Crippen LogP contribution in [0.2, 0.25) is 0 Å². The molecule has 8 nitrogen and oxygen atoms in total. The number of nitroso groups, excluding NO2 is 2. The van der Waals surface area contributed by atoms with Gasteiger partial charge in [0.2, 0.25) is 0 Å². The zero-order chi connectivity index (χ0) is 14.9. The summed E-state index contributed by atoms with van der Waals surface area (Å²) in [6, 6.07) is 17.3. The van der Waals surface area contributed by atoms with Gasteiger partial charge >= 0.3 is 134 Å². The molecule has 0 N–H and O–H groups in total. The minimum absolute atomic E-state index is 0.487. The van der Waals surface area contributed by atoms with Crippen molar-refractivity contribution in [1.29, 1.82) is 0 Å². The van der Waals surface area contributed by atoms with Crippen molar-refractivity contribution >= 4 is 11.4 Å². The van der Waals surface area contributed by atoms with E-state index in [1.807, 2.05) is 0 Å². The summed E-state index contributed by atoms with van der Waals surface area (Å²) in [4.78, 5) is 21.5. The van der Waals surface area contributed by atoms with E-state index in [-0.39, 0.29) is 0 Å². The Labute approximate surface area is 133 Å². The van der Waals surface area contributed by atoms with Crippen LogP contribution in [0.25, 0.3) is 0 Å². The van der Waals surface area contributed by atoms with Crippen molar-refractivity contribution in [2.75, 3.05) is 10.3 Å². The first-order valence-corrected chi connectivity index (χ1v) is 10.5. The van der Waals surface area contributed by atoms with Crippen LogP contribution >= 0.6 is 0 Å². The molecule has 2 aromatic rings. The predicted octanol–water partition coefficient (Wildman–Crippen LogP) is 3.14. The van der Waals surface area contributed by atoms with E-state index in [4.69, 9.17) is 5.49 Å². The van der Waals surface area contributed by atoms with Gasteiger partial charge in [-0.2, -0.15) is 0 Å². The fourth-order valence-electron chi connectivity index (χ4n) is 1.52. The topological polar surface area (TPSA) is 83.8 Å². The van der Waals surface area contributed by atoms with Gasteiger partial charge in [-0.15, -0.1) is 0 Å². The van der Waals surface area contributed by atoms with E-state index in [1.54, 1.807) is 60.7 Å². The molecule has 0 heterocycles. The van der Waals surface area contributed by atoms with Crippen LogP contribution in [0, 0.1) is 9.81 Å².